The van der Waals surface area contributed by atoms with E-state index in [0.717, 1.165) is 5.03 Å². The van der Waals surface area contributed by atoms with Gasteiger partial charge in [0, 0.05) is 4.75 Å². The summed E-state index contributed by atoms with van der Waals surface area (Å²) in [7, 11) is 0. The van der Waals surface area contributed by atoms with Gasteiger partial charge >= 0.3 is 0 Å². The van der Waals surface area contributed by atoms with E-state index in [1.54, 1.807) is 17.8 Å². The molecule has 0 bridgehead atoms. The summed E-state index contributed by atoms with van der Waals surface area (Å²) in [6, 6.07) is 5.53. The summed E-state index contributed by atoms with van der Waals surface area (Å²) in [4.78, 5) is 7.47. The molecule has 1 aromatic heterocycles. The molecule has 0 amide bonds. The lowest BCUT2D eigenvalue weighted by molar-refractivity contribution is 0.799. The Kier molecular flexibility index (Phi) is 2.94. The Morgan fingerprint density at radius 2 is 2.08 bits per heavy atom. The molecule has 1 heterocycles. The fourth-order valence-electron chi connectivity index (χ4n) is 0.837. The standard InChI is InChI=1S/C10H12N2S/c1-10(2,3)13-9-7-5-6-8(11-4)12-9/h5-7H,1-3H3. The highest BCUT2D eigenvalue weighted by molar-refractivity contribution is 8.00. The average Bonchev–Trinajstić information content (AvgIpc) is 2.01. The first-order valence-electron chi connectivity index (χ1n) is 4.05. The molecule has 0 radical (unpaired) electrons. The van der Waals surface area contributed by atoms with Gasteiger partial charge in [-0.05, 0) is 12.1 Å². The van der Waals surface area contributed by atoms with Gasteiger partial charge in [0.15, 0.2) is 5.03 Å². The molecule has 0 aromatic carbocycles. The summed E-state index contributed by atoms with van der Waals surface area (Å²) in [6.07, 6.45) is 0. The smallest absolute Gasteiger partial charge is 0.270 e. The second kappa shape index (κ2) is 3.80. The minimum Gasteiger partial charge on any atom is -0.361 e. The Morgan fingerprint density at radius 3 is 2.62 bits per heavy atom. The van der Waals surface area contributed by atoms with Gasteiger partial charge < -0.3 is 4.85 Å². The van der Waals surface area contributed by atoms with Crippen molar-refractivity contribution in [2.45, 2.75) is 30.5 Å². The first kappa shape index (κ1) is 10.1. The number of aromatic nitrogens is 1. The molecule has 13 heavy (non-hydrogen) atoms. The first-order chi connectivity index (χ1) is 6.01. The van der Waals surface area contributed by atoms with Crippen LogP contribution in [-0.2, 0) is 0 Å². The fraction of sp³-hybridized carbons (Fsp3) is 0.400. The number of hydrogen-bond acceptors (Lipinski definition) is 2. The molecule has 0 aliphatic heterocycles. The predicted molar refractivity (Wildman–Crippen MR) is 56.1 cm³/mol. The van der Waals surface area contributed by atoms with E-state index in [1.165, 1.54) is 0 Å². The van der Waals surface area contributed by atoms with Crippen molar-refractivity contribution in [1.82, 2.24) is 4.98 Å². The maximum Gasteiger partial charge on any atom is 0.270 e. The summed E-state index contributed by atoms with van der Waals surface area (Å²) in [5, 5.41) is 0.918. The van der Waals surface area contributed by atoms with Crippen LogP contribution in [0.2, 0.25) is 0 Å². The number of hydrogen-bond donors (Lipinski definition) is 0. The van der Waals surface area contributed by atoms with Crippen molar-refractivity contribution in [2.75, 3.05) is 0 Å². The van der Waals surface area contributed by atoms with Crippen LogP contribution in [0, 0.1) is 6.57 Å². The van der Waals surface area contributed by atoms with Gasteiger partial charge in [-0.2, -0.15) is 0 Å². The van der Waals surface area contributed by atoms with Gasteiger partial charge in [-0.1, -0.05) is 45.2 Å². The molecule has 0 saturated heterocycles. The lowest BCUT2D eigenvalue weighted by Gasteiger charge is -2.14. The number of nitrogens with zero attached hydrogens (tertiary/aromatic N) is 2. The van der Waals surface area contributed by atoms with Gasteiger partial charge in [0.05, 0.1) is 0 Å². The summed E-state index contributed by atoms with van der Waals surface area (Å²) < 4.78 is 0.146. The summed E-state index contributed by atoms with van der Waals surface area (Å²) in [6.45, 7) is 13.2. The van der Waals surface area contributed by atoms with Crippen LogP contribution in [0.5, 0.6) is 0 Å². The monoisotopic (exact) mass is 192 g/mol. The lowest BCUT2D eigenvalue weighted by atomic mass is 10.3. The van der Waals surface area contributed by atoms with Gasteiger partial charge in [0.25, 0.3) is 5.82 Å². The first-order valence-corrected chi connectivity index (χ1v) is 4.86. The van der Waals surface area contributed by atoms with Crippen molar-refractivity contribution in [3.63, 3.8) is 0 Å². The van der Waals surface area contributed by atoms with Crippen LogP contribution < -0.4 is 0 Å². The van der Waals surface area contributed by atoms with Crippen LogP contribution in [0.3, 0.4) is 0 Å². The van der Waals surface area contributed by atoms with Crippen LogP contribution in [0.1, 0.15) is 20.8 Å². The Hall–Kier alpha value is -1.01. The molecular weight excluding hydrogens is 180 g/mol. The van der Waals surface area contributed by atoms with Crippen LogP contribution in [0.25, 0.3) is 4.85 Å². The summed E-state index contributed by atoms with van der Waals surface area (Å²) in [5.41, 5.74) is 0. The molecule has 3 heteroatoms. The normalized spacial score (nSPS) is 10.9. The maximum atomic E-state index is 6.82. The highest BCUT2D eigenvalue weighted by Gasteiger charge is 2.15. The highest BCUT2D eigenvalue weighted by atomic mass is 32.2. The SMILES string of the molecule is [C-]#[N+]c1cccc(SC(C)(C)C)n1. The fourth-order valence-corrected chi connectivity index (χ4v) is 1.75. The molecule has 1 aromatic rings. The second-order valence-electron chi connectivity index (χ2n) is 3.66. The molecular formula is C10H12N2S. The van der Waals surface area contributed by atoms with E-state index in [2.05, 4.69) is 30.6 Å². The van der Waals surface area contributed by atoms with Gasteiger partial charge in [-0.15, -0.1) is 4.98 Å². The average molecular weight is 192 g/mol. The van der Waals surface area contributed by atoms with Crippen LogP contribution in [0.15, 0.2) is 23.2 Å². The summed E-state index contributed by atoms with van der Waals surface area (Å²) >= 11 is 1.68. The minimum absolute atomic E-state index is 0.146. The molecule has 0 saturated carbocycles. The molecule has 0 aliphatic rings. The molecule has 0 fully saturated rings. The van der Waals surface area contributed by atoms with Gasteiger partial charge in [0.2, 0.25) is 0 Å². The zero-order valence-electron chi connectivity index (χ0n) is 8.03. The van der Waals surface area contributed by atoms with E-state index in [4.69, 9.17) is 6.57 Å². The van der Waals surface area contributed by atoms with E-state index in [0.29, 0.717) is 5.82 Å². The van der Waals surface area contributed by atoms with Crippen LogP contribution in [-0.4, -0.2) is 9.73 Å². The largest absolute Gasteiger partial charge is 0.361 e. The lowest BCUT2D eigenvalue weighted by Crippen LogP contribution is -2.06. The second-order valence-corrected chi connectivity index (χ2v) is 5.51. The van der Waals surface area contributed by atoms with E-state index < -0.39 is 0 Å². The Morgan fingerprint density at radius 1 is 1.38 bits per heavy atom. The topological polar surface area (TPSA) is 17.2 Å². The summed E-state index contributed by atoms with van der Waals surface area (Å²) in [5.74, 6) is 0.467. The van der Waals surface area contributed by atoms with Gasteiger partial charge in [-0.3, -0.25) is 0 Å². The highest BCUT2D eigenvalue weighted by Crippen LogP contribution is 2.31. The molecule has 0 unspecified atom stereocenters. The van der Waals surface area contributed by atoms with E-state index >= 15 is 0 Å². The maximum absolute atomic E-state index is 6.82. The number of thioether (sulfide) groups is 1. The van der Waals surface area contributed by atoms with E-state index in [9.17, 15) is 0 Å². The van der Waals surface area contributed by atoms with Crippen molar-refractivity contribution in [3.05, 3.63) is 29.6 Å². The quantitative estimate of drug-likeness (QED) is 0.500. The van der Waals surface area contributed by atoms with Gasteiger partial charge in [-0.25, -0.2) is 0 Å². The Labute approximate surface area is 83.2 Å². The predicted octanol–water partition coefficient (Wildman–Crippen LogP) is 3.52. The molecule has 2 nitrogen and oxygen atoms in total. The molecule has 0 aliphatic carbocycles. The third-order valence-corrected chi connectivity index (χ3v) is 2.28. The van der Waals surface area contributed by atoms with E-state index in [-0.39, 0.29) is 4.75 Å². The number of rotatable bonds is 1. The van der Waals surface area contributed by atoms with Crippen LogP contribution in [0.4, 0.5) is 5.82 Å². The molecule has 0 atom stereocenters. The van der Waals surface area contributed by atoms with Crippen LogP contribution >= 0.6 is 11.8 Å². The zero-order valence-corrected chi connectivity index (χ0v) is 8.85. The zero-order chi connectivity index (χ0) is 9.90. The molecule has 0 N–H and O–H groups in total. The van der Waals surface area contributed by atoms with Crippen molar-refractivity contribution in [2.24, 2.45) is 0 Å². The van der Waals surface area contributed by atoms with Crippen molar-refractivity contribution < 1.29 is 0 Å². The molecule has 1 rings (SSSR count). The van der Waals surface area contributed by atoms with Crippen molar-refractivity contribution in [1.29, 1.82) is 0 Å². The molecule has 68 valence electrons. The third-order valence-electron chi connectivity index (χ3n) is 1.23. The third kappa shape index (κ3) is 3.47. The van der Waals surface area contributed by atoms with Crippen molar-refractivity contribution >= 4 is 17.6 Å². The Bertz CT molecular complexity index is 334. The number of pyridine rings is 1. The molecule has 0 spiro atoms. The minimum atomic E-state index is 0.146. The van der Waals surface area contributed by atoms with Crippen molar-refractivity contribution in [3.8, 4) is 0 Å². The van der Waals surface area contributed by atoms with E-state index in [1.807, 2.05) is 12.1 Å². The Balaban J connectivity index is 2.86. The van der Waals surface area contributed by atoms with Gasteiger partial charge in [0.1, 0.15) is 0 Å².